The number of anilines is 2. The van der Waals surface area contributed by atoms with E-state index in [1.54, 1.807) is 7.05 Å². The molecule has 6 heteroatoms. The van der Waals surface area contributed by atoms with Crippen LogP contribution in [0.5, 0.6) is 0 Å². The first-order chi connectivity index (χ1) is 12.7. The Kier molecular flexibility index (Phi) is 5.86. The van der Waals surface area contributed by atoms with Gasteiger partial charge in [0.05, 0.1) is 17.8 Å². The van der Waals surface area contributed by atoms with Crippen LogP contribution in [0.1, 0.15) is 10.4 Å². The molecular formula is C20H24N4O2. The van der Waals surface area contributed by atoms with Crippen molar-refractivity contribution in [3.63, 3.8) is 0 Å². The quantitative estimate of drug-likeness (QED) is 0.863. The van der Waals surface area contributed by atoms with Gasteiger partial charge >= 0.3 is 0 Å². The molecule has 1 aliphatic heterocycles. The zero-order chi connectivity index (χ0) is 18.4. The van der Waals surface area contributed by atoms with E-state index in [1.165, 1.54) is 0 Å². The molecule has 0 bridgehead atoms. The summed E-state index contributed by atoms with van der Waals surface area (Å²) < 4.78 is 0. The van der Waals surface area contributed by atoms with Gasteiger partial charge in [-0.25, -0.2) is 0 Å². The third-order valence-electron chi connectivity index (χ3n) is 4.52. The molecule has 0 atom stereocenters. The molecule has 1 heterocycles. The predicted molar refractivity (Wildman–Crippen MR) is 103 cm³/mol. The Hall–Kier alpha value is -2.86. The van der Waals surface area contributed by atoms with Gasteiger partial charge in [0.1, 0.15) is 0 Å². The highest BCUT2D eigenvalue weighted by molar-refractivity contribution is 6.00. The minimum absolute atomic E-state index is 0.00202. The van der Waals surface area contributed by atoms with Crippen LogP contribution in [-0.4, -0.2) is 61.4 Å². The Morgan fingerprint density at radius 2 is 1.58 bits per heavy atom. The van der Waals surface area contributed by atoms with Crippen molar-refractivity contribution in [2.75, 3.05) is 45.1 Å². The van der Waals surface area contributed by atoms with Gasteiger partial charge in [-0.2, -0.15) is 0 Å². The molecule has 1 aliphatic rings. The summed E-state index contributed by atoms with van der Waals surface area (Å²) in [4.78, 5) is 28.4. The highest BCUT2D eigenvalue weighted by Crippen LogP contribution is 2.22. The molecule has 1 saturated heterocycles. The summed E-state index contributed by atoms with van der Waals surface area (Å²) in [5.41, 5.74) is 2.41. The molecule has 3 rings (SSSR count). The largest absolute Gasteiger partial charge is 0.358 e. The van der Waals surface area contributed by atoms with Crippen molar-refractivity contribution in [3.05, 3.63) is 60.2 Å². The third-order valence-corrected chi connectivity index (χ3v) is 4.52. The van der Waals surface area contributed by atoms with Crippen LogP contribution in [0, 0.1) is 0 Å². The second kappa shape index (κ2) is 8.49. The van der Waals surface area contributed by atoms with Gasteiger partial charge in [-0.3, -0.25) is 14.5 Å². The molecular weight excluding hydrogens is 328 g/mol. The van der Waals surface area contributed by atoms with E-state index in [1.807, 2.05) is 59.5 Å². The fourth-order valence-corrected chi connectivity index (χ4v) is 3.02. The lowest BCUT2D eigenvalue weighted by Crippen LogP contribution is -2.50. The summed E-state index contributed by atoms with van der Waals surface area (Å²) in [6, 6.07) is 17.4. The molecule has 0 aromatic heterocycles. The van der Waals surface area contributed by atoms with E-state index in [0.29, 0.717) is 38.3 Å². The molecule has 136 valence electrons. The van der Waals surface area contributed by atoms with Crippen LogP contribution in [0.3, 0.4) is 0 Å². The fraction of sp³-hybridized carbons (Fsp3) is 0.300. The van der Waals surface area contributed by atoms with Crippen LogP contribution in [0.25, 0.3) is 0 Å². The van der Waals surface area contributed by atoms with Gasteiger partial charge in [-0.1, -0.05) is 30.3 Å². The van der Waals surface area contributed by atoms with E-state index >= 15 is 0 Å². The molecule has 2 amide bonds. The highest BCUT2D eigenvalue weighted by atomic mass is 16.2. The molecule has 0 saturated carbocycles. The van der Waals surface area contributed by atoms with E-state index in [-0.39, 0.29) is 11.8 Å². The number of nitrogens with one attached hydrogen (secondary N) is 2. The maximum absolute atomic E-state index is 13.0. The second-order valence-electron chi connectivity index (χ2n) is 6.28. The molecule has 2 aromatic carbocycles. The summed E-state index contributed by atoms with van der Waals surface area (Å²) in [7, 11) is 1.64. The molecule has 2 N–H and O–H groups in total. The van der Waals surface area contributed by atoms with E-state index in [9.17, 15) is 9.59 Å². The van der Waals surface area contributed by atoms with Gasteiger partial charge in [0.25, 0.3) is 5.91 Å². The van der Waals surface area contributed by atoms with Crippen molar-refractivity contribution in [2.45, 2.75) is 0 Å². The molecule has 0 spiro atoms. The SMILES string of the molecule is CNC(=O)CN1CCN(C(=O)c2ccccc2Nc2ccccc2)CC1. The second-order valence-corrected chi connectivity index (χ2v) is 6.28. The number of nitrogens with zero attached hydrogens (tertiary/aromatic N) is 2. The lowest BCUT2D eigenvalue weighted by Gasteiger charge is -2.34. The van der Waals surface area contributed by atoms with E-state index in [0.717, 1.165) is 11.4 Å². The molecule has 26 heavy (non-hydrogen) atoms. The summed E-state index contributed by atoms with van der Waals surface area (Å²) in [5, 5.41) is 5.96. The fourth-order valence-electron chi connectivity index (χ4n) is 3.02. The van der Waals surface area contributed by atoms with Crippen LogP contribution in [0.15, 0.2) is 54.6 Å². The number of likely N-dealkylation sites (N-methyl/N-ethyl adjacent to an activating group) is 1. The maximum Gasteiger partial charge on any atom is 0.256 e. The number of carbonyl (C=O) groups is 2. The van der Waals surface area contributed by atoms with E-state index in [4.69, 9.17) is 0 Å². The average Bonchev–Trinajstić information content (AvgIpc) is 2.69. The van der Waals surface area contributed by atoms with Crippen LogP contribution >= 0.6 is 0 Å². The zero-order valence-corrected chi connectivity index (χ0v) is 14.9. The molecule has 2 aromatic rings. The summed E-state index contributed by atoms with van der Waals surface area (Å²) in [6.07, 6.45) is 0. The molecule has 1 fully saturated rings. The Morgan fingerprint density at radius 3 is 2.27 bits per heavy atom. The smallest absolute Gasteiger partial charge is 0.256 e. The van der Waals surface area contributed by atoms with Crippen molar-refractivity contribution >= 4 is 23.2 Å². The molecule has 6 nitrogen and oxygen atoms in total. The first-order valence-electron chi connectivity index (χ1n) is 8.80. The number of amides is 2. The van der Waals surface area contributed by atoms with Crippen LogP contribution < -0.4 is 10.6 Å². The summed E-state index contributed by atoms with van der Waals surface area (Å²) in [6.45, 7) is 3.02. The van der Waals surface area contributed by atoms with E-state index in [2.05, 4.69) is 15.5 Å². The first kappa shape index (κ1) is 17.9. The van der Waals surface area contributed by atoms with Crippen molar-refractivity contribution in [2.24, 2.45) is 0 Å². The molecule has 0 aliphatic carbocycles. The van der Waals surface area contributed by atoms with Gasteiger partial charge in [0.2, 0.25) is 5.91 Å². The number of hydrogen-bond donors (Lipinski definition) is 2. The van der Waals surface area contributed by atoms with Crippen LogP contribution in [-0.2, 0) is 4.79 Å². The zero-order valence-electron chi connectivity index (χ0n) is 14.9. The van der Waals surface area contributed by atoms with Gasteiger partial charge in [-0.15, -0.1) is 0 Å². The number of carbonyl (C=O) groups excluding carboxylic acids is 2. The van der Waals surface area contributed by atoms with Crippen molar-refractivity contribution < 1.29 is 9.59 Å². The lowest BCUT2D eigenvalue weighted by atomic mass is 10.1. The Bertz CT molecular complexity index is 755. The van der Waals surface area contributed by atoms with E-state index < -0.39 is 0 Å². The molecule has 0 radical (unpaired) electrons. The number of para-hydroxylation sites is 2. The average molecular weight is 352 g/mol. The number of hydrogen-bond acceptors (Lipinski definition) is 4. The van der Waals surface area contributed by atoms with Gasteiger partial charge < -0.3 is 15.5 Å². The normalized spacial score (nSPS) is 14.7. The monoisotopic (exact) mass is 352 g/mol. The van der Waals surface area contributed by atoms with Crippen molar-refractivity contribution in [1.82, 2.24) is 15.1 Å². The Morgan fingerprint density at radius 1 is 0.923 bits per heavy atom. The van der Waals surface area contributed by atoms with Crippen LogP contribution in [0.4, 0.5) is 11.4 Å². The number of rotatable bonds is 5. The van der Waals surface area contributed by atoms with Gasteiger partial charge in [0.15, 0.2) is 0 Å². The van der Waals surface area contributed by atoms with Crippen molar-refractivity contribution in [3.8, 4) is 0 Å². The first-order valence-corrected chi connectivity index (χ1v) is 8.80. The third kappa shape index (κ3) is 4.40. The summed E-state index contributed by atoms with van der Waals surface area (Å²) >= 11 is 0. The maximum atomic E-state index is 13.0. The topological polar surface area (TPSA) is 64.7 Å². The Labute approximate surface area is 153 Å². The molecule has 0 unspecified atom stereocenters. The highest BCUT2D eigenvalue weighted by Gasteiger charge is 2.24. The minimum Gasteiger partial charge on any atom is -0.358 e. The van der Waals surface area contributed by atoms with Crippen LogP contribution in [0.2, 0.25) is 0 Å². The van der Waals surface area contributed by atoms with Gasteiger partial charge in [0, 0.05) is 38.9 Å². The minimum atomic E-state index is 0.00202. The number of benzene rings is 2. The lowest BCUT2D eigenvalue weighted by molar-refractivity contribution is -0.122. The predicted octanol–water partition coefficient (Wildman–Crippen LogP) is 1.93. The van der Waals surface area contributed by atoms with Crippen molar-refractivity contribution in [1.29, 1.82) is 0 Å². The Balaban J connectivity index is 1.66. The standard InChI is InChI=1S/C20H24N4O2/c1-21-19(25)15-23-11-13-24(14-12-23)20(26)17-9-5-6-10-18(17)22-16-7-3-2-4-8-16/h2-10,22H,11-15H2,1H3,(H,21,25). The summed E-state index contributed by atoms with van der Waals surface area (Å²) in [5.74, 6) is 0.0193. The van der Waals surface area contributed by atoms with Gasteiger partial charge in [-0.05, 0) is 24.3 Å². The number of piperazine rings is 1.